The van der Waals surface area contributed by atoms with Crippen molar-refractivity contribution in [1.82, 2.24) is 9.97 Å². The van der Waals surface area contributed by atoms with Crippen molar-refractivity contribution < 1.29 is 14.3 Å². The first-order chi connectivity index (χ1) is 14.1. The van der Waals surface area contributed by atoms with E-state index in [-0.39, 0.29) is 5.91 Å². The van der Waals surface area contributed by atoms with E-state index in [4.69, 9.17) is 9.47 Å². The lowest BCUT2D eigenvalue weighted by atomic mass is 10.1. The highest BCUT2D eigenvalue weighted by Crippen LogP contribution is 2.16. The van der Waals surface area contributed by atoms with E-state index in [1.165, 1.54) is 5.56 Å². The molecular weight excluding hydrogens is 368 g/mol. The van der Waals surface area contributed by atoms with Gasteiger partial charge in [0.05, 0.1) is 14.2 Å². The van der Waals surface area contributed by atoms with Crippen LogP contribution in [0.25, 0.3) is 0 Å². The number of carbonyl (C=O) groups excluding carboxylic acids is 1. The van der Waals surface area contributed by atoms with Gasteiger partial charge in [0, 0.05) is 18.3 Å². The molecule has 0 aliphatic carbocycles. The predicted molar refractivity (Wildman–Crippen MR) is 113 cm³/mol. The molecule has 0 unspecified atom stereocenters. The summed E-state index contributed by atoms with van der Waals surface area (Å²) in [5, 5.41) is 6.09. The van der Waals surface area contributed by atoms with Crippen LogP contribution in [0, 0.1) is 6.92 Å². The third-order valence-electron chi connectivity index (χ3n) is 4.30. The van der Waals surface area contributed by atoms with Crippen LogP contribution in [0.15, 0.2) is 54.6 Å². The first kappa shape index (κ1) is 20.1. The topological polar surface area (TPSA) is 85.4 Å². The molecule has 0 aliphatic heterocycles. The first-order valence-electron chi connectivity index (χ1n) is 9.25. The third-order valence-corrected chi connectivity index (χ3v) is 4.30. The zero-order valence-corrected chi connectivity index (χ0v) is 16.7. The van der Waals surface area contributed by atoms with Crippen molar-refractivity contribution in [3.8, 4) is 11.5 Å². The van der Waals surface area contributed by atoms with Gasteiger partial charge in [-0.05, 0) is 55.3 Å². The summed E-state index contributed by atoms with van der Waals surface area (Å²) in [5.41, 5.74) is 2.16. The number of benzene rings is 2. The molecular formula is C22H24N4O3. The molecule has 0 saturated heterocycles. The normalized spacial score (nSPS) is 10.3. The SMILES string of the molecule is COc1ccc(CCNc2cc(C(=O)Nc3ccc(OC)cc3)nc(C)n2)cc1. The summed E-state index contributed by atoms with van der Waals surface area (Å²) in [6.07, 6.45) is 0.820. The number of hydrogen-bond acceptors (Lipinski definition) is 6. The Labute approximate surface area is 170 Å². The molecule has 29 heavy (non-hydrogen) atoms. The molecule has 2 aromatic carbocycles. The Morgan fingerprint density at radius 3 is 2.17 bits per heavy atom. The summed E-state index contributed by atoms with van der Waals surface area (Å²) in [6.45, 7) is 2.45. The van der Waals surface area contributed by atoms with Crippen LogP contribution in [-0.4, -0.2) is 36.6 Å². The van der Waals surface area contributed by atoms with Crippen molar-refractivity contribution in [3.05, 3.63) is 71.7 Å². The van der Waals surface area contributed by atoms with Crippen LogP contribution >= 0.6 is 0 Å². The second-order valence-corrected chi connectivity index (χ2v) is 6.39. The largest absolute Gasteiger partial charge is 0.497 e. The Balaban J connectivity index is 1.61. The summed E-state index contributed by atoms with van der Waals surface area (Å²) in [4.78, 5) is 21.2. The van der Waals surface area contributed by atoms with E-state index in [0.717, 1.165) is 17.9 Å². The molecule has 7 heteroatoms. The monoisotopic (exact) mass is 392 g/mol. The molecule has 1 heterocycles. The van der Waals surface area contributed by atoms with Crippen LogP contribution in [0.5, 0.6) is 11.5 Å². The molecule has 3 rings (SSSR count). The van der Waals surface area contributed by atoms with E-state index in [1.54, 1.807) is 51.5 Å². The molecule has 0 radical (unpaired) electrons. The number of carbonyl (C=O) groups is 1. The van der Waals surface area contributed by atoms with Crippen LogP contribution in [-0.2, 0) is 6.42 Å². The smallest absolute Gasteiger partial charge is 0.274 e. The van der Waals surface area contributed by atoms with Crippen LogP contribution in [0.2, 0.25) is 0 Å². The van der Waals surface area contributed by atoms with E-state index >= 15 is 0 Å². The van der Waals surface area contributed by atoms with Gasteiger partial charge in [0.2, 0.25) is 0 Å². The minimum Gasteiger partial charge on any atom is -0.497 e. The molecule has 0 aliphatic rings. The Morgan fingerprint density at radius 1 is 0.931 bits per heavy atom. The standard InChI is InChI=1S/C22H24N4O3/c1-15-24-20(22(27)26-17-6-10-19(29-3)11-7-17)14-21(25-15)23-13-12-16-4-8-18(28-2)9-5-16/h4-11,14H,12-13H2,1-3H3,(H,26,27)(H,23,24,25). The van der Waals surface area contributed by atoms with Crippen molar-refractivity contribution >= 4 is 17.4 Å². The molecule has 3 aromatic rings. The lowest BCUT2D eigenvalue weighted by molar-refractivity contribution is 0.102. The van der Waals surface area contributed by atoms with Crippen molar-refractivity contribution in [2.75, 3.05) is 31.4 Å². The molecule has 1 amide bonds. The number of aromatic nitrogens is 2. The number of aryl methyl sites for hydroxylation is 1. The predicted octanol–water partition coefficient (Wildman–Crippen LogP) is 3.71. The van der Waals surface area contributed by atoms with Crippen molar-refractivity contribution in [1.29, 1.82) is 0 Å². The average Bonchev–Trinajstić information content (AvgIpc) is 2.74. The van der Waals surface area contributed by atoms with Gasteiger partial charge < -0.3 is 20.1 Å². The number of nitrogens with zero attached hydrogens (tertiary/aromatic N) is 2. The van der Waals surface area contributed by atoms with Gasteiger partial charge in [-0.3, -0.25) is 4.79 Å². The molecule has 1 aromatic heterocycles. The van der Waals surface area contributed by atoms with E-state index in [0.29, 0.717) is 29.6 Å². The average molecular weight is 392 g/mol. The van der Waals surface area contributed by atoms with Crippen molar-refractivity contribution in [3.63, 3.8) is 0 Å². The molecule has 0 fully saturated rings. The van der Waals surface area contributed by atoms with Gasteiger partial charge in [-0.1, -0.05) is 12.1 Å². The zero-order chi connectivity index (χ0) is 20.6. The Kier molecular flexibility index (Phi) is 6.63. The van der Waals surface area contributed by atoms with Crippen LogP contribution < -0.4 is 20.1 Å². The van der Waals surface area contributed by atoms with E-state index in [2.05, 4.69) is 20.6 Å². The van der Waals surface area contributed by atoms with E-state index < -0.39 is 0 Å². The molecule has 0 spiro atoms. The minimum absolute atomic E-state index is 0.293. The Hall–Kier alpha value is -3.61. The maximum atomic E-state index is 12.6. The number of anilines is 2. The molecule has 0 atom stereocenters. The fraction of sp³-hybridized carbons (Fsp3) is 0.227. The number of amides is 1. The Bertz CT molecular complexity index is 957. The van der Waals surface area contributed by atoms with Gasteiger partial charge >= 0.3 is 0 Å². The van der Waals surface area contributed by atoms with Crippen LogP contribution in [0.3, 0.4) is 0 Å². The lowest BCUT2D eigenvalue weighted by Gasteiger charge is -2.10. The van der Waals surface area contributed by atoms with Crippen molar-refractivity contribution in [2.24, 2.45) is 0 Å². The summed E-state index contributed by atoms with van der Waals surface area (Å²) < 4.78 is 10.3. The highest BCUT2D eigenvalue weighted by atomic mass is 16.5. The van der Waals surface area contributed by atoms with Crippen LogP contribution in [0.4, 0.5) is 11.5 Å². The number of ether oxygens (including phenoxy) is 2. The molecule has 0 saturated carbocycles. The quantitative estimate of drug-likeness (QED) is 0.608. The zero-order valence-electron chi connectivity index (χ0n) is 16.7. The summed E-state index contributed by atoms with van der Waals surface area (Å²) in [5.74, 6) is 2.41. The second kappa shape index (κ2) is 9.54. The lowest BCUT2D eigenvalue weighted by Crippen LogP contribution is -2.16. The van der Waals surface area contributed by atoms with Gasteiger partial charge in [0.1, 0.15) is 28.8 Å². The Morgan fingerprint density at radius 2 is 1.55 bits per heavy atom. The second-order valence-electron chi connectivity index (χ2n) is 6.39. The van der Waals surface area contributed by atoms with Crippen LogP contribution in [0.1, 0.15) is 21.9 Å². The highest BCUT2D eigenvalue weighted by molar-refractivity contribution is 6.03. The molecule has 0 bridgehead atoms. The third kappa shape index (κ3) is 5.68. The number of methoxy groups -OCH3 is 2. The summed E-state index contributed by atoms with van der Waals surface area (Å²) in [6, 6.07) is 16.7. The van der Waals surface area contributed by atoms with Gasteiger partial charge in [-0.2, -0.15) is 0 Å². The summed E-state index contributed by atoms with van der Waals surface area (Å²) in [7, 11) is 3.25. The summed E-state index contributed by atoms with van der Waals surface area (Å²) >= 11 is 0. The molecule has 2 N–H and O–H groups in total. The number of rotatable bonds is 8. The van der Waals surface area contributed by atoms with Crippen molar-refractivity contribution in [2.45, 2.75) is 13.3 Å². The number of nitrogens with one attached hydrogen (secondary N) is 2. The fourth-order valence-corrected chi connectivity index (χ4v) is 2.77. The maximum absolute atomic E-state index is 12.6. The maximum Gasteiger partial charge on any atom is 0.274 e. The molecule has 150 valence electrons. The van der Waals surface area contributed by atoms with Gasteiger partial charge in [-0.25, -0.2) is 9.97 Å². The van der Waals surface area contributed by atoms with Gasteiger partial charge in [0.15, 0.2) is 0 Å². The van der Waals surface area contributed by atoms with Gasteiger partial charge in [-0.15, -0.1) is 0 Å². The van der Waals surface area contributed by atoms with E-state index in [9.17, 15) is 4.79 Å². The van der Waals surface area contributed by atoms with E-state index in [1.807, 2.05) is 24.3 Å². The first-order valence-corrected chi connectivity index (χ1v) is 9.25. The molecule has 7 nitrogen and oxygen atoms in total. The fourth-order valence-electron chi connectivity index (χ4n) is 2.77. The number of hydrogen-bond donors (Lipinski definition) is 2. The highest BCUT2D eigenvalue weighted by Gasteiger charge is 2.11. The minimum atomic E-state index is -0.293. The van der Waals surface area contributed by atoms with Gasteiger partial charge in [0.25, 0.3) is 5.91 Å².